The topological polar surface area (TPSA) is 95.1 Å². The lowest BCUT2D eigenvalue weighted by molar-refractivity contribution is 0.102. The number of anilines is 1. The first-order valence-corrected chi connectivity index (χ1v) is 5.99. The van der Waals surface area contributed by atoms with Gasteiger partial charge in [-0.3, -0.25) is 14.6 Å². The highest BCUT2D eigenvalue weighted by Crippen LogP contribution is 2.10. The highest BCUT2D eigenvalue weighted by Gasteiger charge is 2.09. The van der Waals surface area contributed by atoms with Crippen LogP contribution in [0.3, 0.4) is 0 Å². The minimum absolute atomic E-state index is 0.0663. The van der Waals surface area contributed by atoms with E-state index in [1.165, 1.54) is 6.07 Å². The maximum atomic E-state index is 11.8. The number of aromatic hydroxyl groups is 1. The van der Waals surface area contributed by atoms with Crippen LogP contribution in [-0.2, 0) is 0 Å². The van der Waals surface area contributed by atoms with Crippen LogP contribution >= 0.6 is 22.6 Å². The Balaban J connectivity index is 2.21. The van der Waals surface area contributed by atoms with Crippen LogP contribution in [0.15, 0.2) is 35.3 Å². The molecule has 0 saturated heterocycles. The summed E-state index contributed by atoms with van der Waals surface area (Å²) in [5, 5.41) is 11.7. The number of aromatic nitrogens is 2. The van der Waals surface area contributed by atoms with Crippen molar-refractivity contribution in [3.63, 3.8) is 0 Å². The molecule has 0 atom stereocenters. The lowest BCUT2D eigenvalue weighted by Gasteiger charge is -2.04. The summed E-state index contributed by atoms with van der Waals surface area (Å²) in [6.45, 7) is 0. The van der Waals surface area contributed by atoms with Crippen LogP contribution in [0, 0.1) is 3.57 Å². The van der Waals surface area contributed by atoms with Gasteiger partial charge in [0, 0.05) is 21.9 Å². The first kappa shape index (κ1) is 12.6. The van der Waals surface area contributed by atoms with Crippen LogP contribution < -0.4 is 10.9 Å². The Hall–Kier alpha value is -1.90. The molecular formula is C11H8IN3O3. The first-order chi connectivity index (χ1) is 8.54. The monoisotopic (exact) mass is 357 g/mol. The van der Waals surface area contributed by atoms with E-state index < -0.39 is 11.5 Å². The summed E-state index contributed by atoms with van der Waals surface area (Å²) < 4.78 is 0.944. The number of nitrogens with zero attached hydrogens (tertiary/aromatic N) is 1. The van der Waals surface area contributed by atoms with Gasteiger partial charge in [-0.2, -0.15) is 0 Å². The first-order valence-electron chi connectivity index (χ1n) is 4.91. The van der Waals surface area contributed by atoms with Gasteiger partial charge >= 0.3 is 0 Å². The normalized spacial score (nSPS) is 10.1. The molecule has 0 fully saturated rings. The number of amides is 1. The SMILES string of the molecule is O=C(Nc1ccc(I)cn1)c1cc(O)[nH]c(=O)c1. The summed E-state index contributed by atoms with van der Waals surface area (Å²) in [6.07, 6.45) is 1.60. The zero-order valence-corrected chi connectivity index (χ0v) is 11.1. The molecule has 2 heterocycles. The van der Waals surface area contributed by atoms with E-state index in [0.717, 1.165) is 9.64 Å². The molecule has 3 N–H and O–H groups in total. The van der Waals surface area contributed by atoms with Crippen molar-refractivity contribution in [3.05, 3.63) is 49.9 Å². The second-order valence-electron chi connectivity index (χ2n) is 3.43. The number of carbonyl (C=O) groups excluding carboxylic acids is 1. The Morgan fingerprint density at radius 1 is 1.39 bits per heavy atom. The standard InChI is InChI=1S/C11H8IN3O3/c12-7-1-2-8(13-5-7)14-11(18)6-3-9(16)15-10(17)4-6/h1-5H,(H,13,14,18)(H2,15,16,17). The van der Waals surface area contributed by atoms with E-state index in [2.05, 4.69) is 37.9 Å². The summed E-state index contributed by atoms with van der Waals surface area (Å²) in [5.41, 5.74) is -0.479. The molecule has 6 nitrogen and oxygen atoms in total. The second-order valence-corrected chi connectivity index (χ2v) is 4.68. The molecule has 1 amide bonds. The molecule has 0 saturated carbocycles. The molecule has 7 heteroatoms. The van der Waals surface area contributed by atoms with Gasteiger partial charge in [-0.15, -0.1) is 0 Å². The number of carbonyl (C=O) groups is 1. The van der Waals surface area contributed by atoms with Gasteiger partial charge in [0.1, 0.15) is 5.82 Å². The highest BCUT2D eigenvalue weighted by molar-refractivity contribution is 14.1. The minimum atomic E-state index is -0.546. The maximum Gasteiger partial charge on any atom is 0.257 e. The number of rotatable bonds is 2. The van der Waals surface area contributed by atoms with E-state index in [-0.39, 0.29) is 11.4 Å². The highest BCUT2D eigenvalue weighted by atomic mass is 127. The Morgan fingerprint density at radius 3 is 2.78 bits per heavy atom. The van der Waals surface area contributed by atoms with Crippen LogP contribution in [-0.4, -0.2) is 21.0 Å². The zero-order valence-electron chi connectivity index (χ0n) is 8.98. The quantitative estimate of drug-likeness (QED) is 0.707. The molecular weight excluding hydrogens is 349 g/mol. The molecule has 0 unspecified atom stereocenters. The number of hydrogen-bond acceptors (Lipinski definition) is 4. The predicted octanol–water partition coefficient (Wildman–Crippen LogP) is 1.33. The summed E-state index contributed by atoms with van der Waals surface area (Å²) in [4.78, 5) is 29.0. The van der Waals surface area contributed by atoms with Crippen molar-refractivity contribution in [2.24, 2.45) is 0 Å². The molecule has 0 aliphatic heterocycles. The lowest BCUT2D eigenvalue weighted by atomic mass is 10.2. The number of nitrogens with one attached hydrogen (secondary N) is 2. The number of hydrogen-bond donors (Lipinski definition) is 3. The van der Waals surface area contributed by atoms with Crippen molar-refractivity contribution in [3.8, 4) is 5.88 Å². The van der Waals surface area contributed by atoms with Crippen molar-refractivity contribution in [1.82, 2.24) is 9.97 Å². The Kier molecular flexibility index (Phi) is 3.60. The molecule has 0 radical (unpaired) electrons. The largest absolute Gasteiger partial charge is 0.494 e. The van der Waals surface area contributed by atoms with E-state index >= 15 is 0 Å². The third-order valence-corrected chi connectivity index (χ3v) is 2.70. The van der Waals surface area contributed by atoms with Crippen LogP contribution in [0.4, 0.5) is 5.82 Å². The maximum absolute atomic E-state index is 11.8. The third-order valence-electron chi connectivity index (χ3n) is 2.06. The van der Waals surface area contributed by atoms with Gasteiger partial charge in [0.15, 0.2) is 5.88 Å². The van der Waals surface area contributed by atoms with Crippen LogP contribution in [0.25, 0.3) is 0 Å². The summed E-state index contributed by atoms with van der Waals surface area (Å²) in [5.74, 6) is -0.492. The summed E-state index contributed by atoms with van der Waals surface area (Å²) in [7, 11) is 0. The second kappa shape index (κ2) is 5.17. The molecule has 0 aliphatic carbocycles. The molecule has 0 aliphatic rings. The van der Waals surface area contributed by atoms with Gasteiger partial charge in [0.2, 0.25) is 0 Å². The van der Waals surface area contributed by atoms with Crippen molar-refractivity contribution in [1.29, 1.82) is 0 Å². The van der Waals surface area contributed by atoms with Crippen LogP contribution in [0.2, 0.25) is 0 Å². The molecule has 2 rings (SSSR count). The van der Waals surface area contributed by atoms with Crippen LogP contribution in [0.5, 0.6) is 5.88 Å². The van der Waals surface area contributed by atoms with Crippen molar-refractivity contribution < 1.29 is 9.90 Å². The van der Waals surface area contributed by atoms with Gasteiger partial charge in [-0.25, -0.2) is 4.98 Å². The fourth-order valence-electron chi connectivity index (χ4n) is 1.30. The van der Waals surface area contributed by atoms with Crippen LogP contribution in [0.1, 0.15) is 10.4 Å². The third kappa shape index (κ3) is 3.06. The molecule has 92 valence electrons. The average Bonchev–Trinajstić information content (AvgIpc) is 2.31. The van der Waals surface area contributed by atoms with Crippen molar-refractivity contribution in [2.45, 2.75) is 0 Å². The zero-order chi connectivity index (χ0) is 13.1. The van der Waals surface area contributed by atoms with Gasteiger partial charge in [-0.05, 0) is 34.7 Å². The fraction of sp³-hybridized carbons (Fsp3) is 0. The number of pyridine rings is 2. The molecule has 0 spiro atoms. The van der Waals surface area contributed by atoms with Crippen molar-refractivity contribution >= 4 is 34.3 Å². The Morgan fingerprint density at radius 2 is 2.17 bits per heavy atom. The van der Waals surface area contributed by atoms with E-state index in [4.69, 9.17) is 0 Å². The molecule has 0 aromatic carbocycles. The van der Waals surface area contributed by atoms with E-state index in [0.29, 0.717) is 5.82 Å². The lowest BCUT2D eigenvalue weighted by Crippen LogP contribution is -2.16. The fourth-order valence-corrected chi connectivity index (χ4v) is 1.62. The van der Waals surface area contributed by atoms with Gasteiger partial charge in [0.05, 0.1) is 5.56 Å². The molecule has 2 aromatic heterocycles. The molecule has 18 heavy (non-hydrogen) atoms. The smallest absolute Gasteiger partial charge is 0.257 e. The van der Waals surface area contributed by atoms with E-state index in [9.17, 15) is 14.7 Å². The number of H-pyrrole nitrogens is 1. The minimum Gasteiger partial charge on any atom is -0.494 e. The Bertz CT molecular complexity index is 637. The van der Waals surface area contributed by atoms with E-state index in [1.807, 2.05) is 0 Å². The number of halogens is 1. The summed E-state index contributed by atoms with van der Waals surface area (Å²) in [6, 6.07) is 5.70. The predicted molar refractivity (Wildman–Crippen MR) is 73.6 cm³/mol. The van der Waals surface area contributed by atoms with E-state index in [1.54, 1.807) is 18.3 Å². The number of aromatic amines is 1. The Labute approximate surface area is 115 Å². The van der Waals surface area contributed by atoms with Gasteiger partial charge in [-0.1, -0.05) is 0 Å². The van der Waals surface area contributed by atoms with Gasteiger partial charge in [0.25, 0.3) is 11.5 Å². The molecule has 0 bridgehead atoms. The van der Waals surface area contributed by atoms with Gasteiger partial charge < -0.3 is 10.4 Å². The average molecular weight is 357 g/mol. The molecule has 2 aromatic rings. The summed E-state index contributed by atoms with van der Waals surface area (Å²) >= 11 is 2.10. The van der Waals surface area contributed by atoms with Crippen molar-refractivity contribution in [2.75, 3.05) is 5.32 Å².